The number of amides is 1. The number of benzene rings is 1. The number of carbonyl (C=O) groups excluding carboxylic acids is 1. The number of fused-ring (bicyclic) bond motifs is 1. The van der Waals surface area contributed by atoms with Gasteiger partial charge in [-0.2, -0.15) is 0 Å². The van der Waals surface area contributed by atoms with Crippen molar-refractivity contribution in [3.05, 3.63) is 29.3 Å². The molecule has 1 aliphatic heterocycles. The summed E-state index contributed by atoms with van der Waals surface area (Å²) in [6, 6.07) is 6.18. The van der Waals surface area contributed by atoms with E-state index in [1.807, 2.05) is 12.1 Å². The molecule has 0 saturated heterocycles. The van der Waals surface area contributed by atoms with E-state index in [1.54, 1.807) is 0 Å². The number of anilines is 1. The van der Waals surface area contributed by atoms with Gasteiger partial charge in [0.25, 0.3) is 0 Å². The minimum absolute atomic E-state index is 0.120. The highest BCUT2D eigenvalue weighted by Crippen LogP contribution is 2.27. The lowest BCUT2D eigenvalue weighted by Gasteiger charge is -2.22. The van der Waals surface area contributed by atoms with Gasteiger partial charge in [-0.3, -0.25) is 9.69 Å². The van der Waals surface area contributed by atoms with Gasteiger partial charge >= 0.3 is 0 Å². The maximum absolute atomic E-state index is 11.5. The van der Waals surface area contributed by atoms with Gasteiger partial charge in [-0.1, -0.05) is 26.0 Å². The summed E-state index contributed by atoms with van der Waals surface area (Å²) in [6.07, 6.45) is 2.88. The quantitative estimate of drug-likeness (QED) is 0.837. The fourth-order valence-corrected chi connectivity index (χ4v) is 2.61. The third kappa shape index (κ3) is 2.91. The number of hydrogen-bond donors (Lipinski definition) is 1. The van der Waals surface area contributed by atoms with Crippen LogP contribution in [-0.2, 0) is 17.8 Å². The topological polar surface area (TPSA) is 32.3 Å². The number of nitrogens with zero attached hydrogens (tertiary/aromatic N) is 1. The number of carbonyl (C=O) groups is 1. The summed E-state index contributed by atoms with van der Waals surface area (Å²) in [5.41, 5.74) is 3.50. The Morgan fingerprint density at radius 3 is 2.61 bits per heavy atom. The fraction of sp³-hybridized carbons (Fsp3) is 0.533. The molecule has 98 valence electrons. The molecule has 0 atom stereocenters. The molecule has 3 heteroatoms. The first kappa shape index (κ1) is 13.1. The van der Waals surface area contributed by atoms with Gasteiger partial charge in [-0.05, 0) is 43.1 Å². The monoisotopic (exact) mass is 246 g/mol. The molecule has 1 heterocycles. The highest BCUT2D eigenvalue weighted by atomic mass is 16.1. The van der Waals surface area contributed by atoms with Gasteiger partial charge in [0, 0.05) is 12.2 Å². The van der Waals surface area contributed by atoms with Crippen LogP contribution in [0.4, 0.5) is 5.69 Å². The number of hydrogen-bond acceptors (Lipinski definition) is 2. The summed E-state index contributed by atoms with van der Waals surface area (Å²) in [5, 5.41) is 2.92. The highest BCUT2D eigenvalue weighted by molar-refractivity contribution is 5.99. The largest absolute Gasteiger partial charge is 0.326 e. The average Bonchev–Trinajstić information content (AvgIpc) is 2.71. The van der Waals surface area contributed by atoms with Crippen LogP contribution in [0.25, 0.3) is 0 Å². The molecule has 1 N–H and O–H groups in total. The Morgan fingerprint density at radius 1 is 1.22 bits per heavy atom. The van der Waals surface area contributed by atoms with Crippen LogP contribution in [0.3, 0.4) is 0 Å². The van der Waals surface area contributed by atoms with Crippen molar-refractivity contribution in [3.63, 3.8) is 0 Å². The third-order valence-electron chi connectivity index (χ3n) is 3.36. The molecule has 0 unspecified atom stereocenters. The average molecular weight is 246 g/mol. The Bertz CT molecular complexity index is 423. The van der Waals surface area contributed by atoms with E-state index in [4.69, 9.17) is 0 Å². The zero-order valence-corrected chi connectivity index (χ0v) is 11.3. The van der Waals surface area contributed by atoms with Gasteiger partial charge in [0.1, 0.15) is 0 Å². The summed E-state index contributed by atoms with van der Waals surface area (Å²) in [5.74, 6) is 0.120. The van der Waals surface area contributed by atoms with Crippen molar-refractivity contribution in [3.8, 4) is 0 Å². The smallest absolute Gasteiger partial charge is 0.228 e. The lowest BCUT2D eigenvalue weighted by Crippen LogP contribution is -2.25. The van der Waals surface area contributed by atoms with Crippen LogP contribution in [0.15, 0.2) is 18.2 Å². The summed E-state index contributed by atoms with van der Waals surface area (Å²) in [6.45, 7) is 7.63. The van der Waals surface area contributed by atoms with Crippen molar-refractivity contribution in [2.75, 3.05) is 18.4 Å². The molecule has 1 aromatic carbocycles. The van der Waals surface area contributed by atoms with Crippen LogP contribution in [0.2, 0.25) is 0 Å². The van der Waals surface area contributed by atoms with Gasteiger partial charge in [0.2, 0.25) is 5.91 Å². The van der Waals surface area contributed by atoms with Crippen molar-refractivity contribution >= 4 is 11.6 Å². The summed E-state index contributed by atoms with van der Waals surface area (Å²) in [7, 11) is 0. The van der Waals surface area contributed by atoms with Crippen molar-refractivity contribution in [2.45, 2.75) is 39.7 Å². The molecular formula is C15H22N2O. The standard InChI is InChI=1S/C15H22N2O/c1-3-8-17(9-4-2)11-12-6-5-7-14-13(12)10-15(18)16-14/h5-7H,3-4,8-11H2,1-2H3,(H,16,18). The predicted molar refractivity (Wildman–Crippen MR) is 74.6 cm³/mol. The van der Waals surface area contributed by atoms with E-state index < -0.39 is 0 Å². The minimum atomic E-state index is 0.120. The number of rotatable bonds is 6. The molecule has 0 saturated carbocycles. The Kier molecular flexibility index (Phi) is 4.37. The molecule has 1 aromatic rings. The zero-order chi connectivity index (χ0) is 13.0. The molecule has 1 aliphatic rings. The molecule has 0 bridgehead atoms. The molecule has 0 aliphatic carbocycles. The first-order valence-corrected chi connectivity index (χ1v) is 6.87. The molecule has 3 nitrogen and oxygen atoms in total. The fourth-order valence-electron chi connectivity index (χ4n) is 2.61. The molecule has 1 amide bonds. The second kappa shape index (κ2) is 6.01. The van der Waals surface area contributed by atoms with Crippen LogP contribution in [0.5, 0.6) is 0 Å². The molecule has 0 radical (unpaired) electrons. The van der Waals surface area contributed by atoms with E-state index in [0.717, 1.165) is 25.3 Å². The zero-order valence-electron chi connectivity index (χ0n) is 11.3. The molecule has 0 fully saturated rings. The number of nitrogens with one attached hydrogen (secondary N) is 1. The normalized spacial score (nSPS) is 13.8. The SMILES string of the molecule is CCCN(CCC)Cc1cccc2c1CC(=O)N2. The molecule has 0 aromatic heterocycles. The Labute approximate surface area is 109 Å². The maximum atomic E-state index is 11.5. The van der Waals surface area contributed by atoms with Crippen LogP contribution < -0.4 is 5.32 Å². The van der Waals surface area contributed by atoms with E-state index in [1.165, 1.54) is 24.0 Å². The Hall–Kier alpha value is -1.35. The first-order valence-electron chi connectivity index (χ1n) is 6.87. The summed E-state index contributed by atoms with van der Waals surface area (Å²) < 4.78 is 0. The highest BCUT2D eigenvalue weighted by Gasteiger charge is 2.20. The van der Waals surface area contributed by atoms with E-state index in [-0.39, 0.29) is 5.91 Å². The van der Waals surface area contributed by atoms with E-state index in [9.17, 15) is 4.79 Å². The Balaban J connectivity index is 2.14. The minimum Gasteiger partial charge on any atom is -0.326 e. The predicted octanol–water partition coefficient (Wildman–Crippen LogP) is 2.80. The van der Waals surface area contributed by atoms with Crippen molar-refractivity contribution < 1.29 is 4.79 Å². The molecule has 18 heavy (non-hydrogen) atoms. The summed E-state index contributed by atoms with van der Waals surface area (Å²) in [4.78, 5) is 13.9. The Morgan fingerprint density at radius 2 is 1.94 bits per heavy atom. The maximum Gasteiger partial charge on any atom is 0.228 e. The van der Waals surface area contributed by atoms with Crippen LogP contribution in [-0.4, -0.2) is 23.9 Å². The van der Waals surface area contributed by atoms with Gasteiger partial charge in [-0.25, -0.2) is 0 Å². The van der Waals surface area contributed by atoms with E-state index >= 15 is 0 Å². The molecular weight excluding hydrogens is 224 g/mol. The van der Waals surface area contributed by atoms with Crippen LogP contribution in [0, 0.1) is 0 Å². The first-order chi connectivity index (χ1) is 8.74. The summed E-state index contributed by atoms with van der Waals surface area (Å²) >= 11 is 0. The van der Waals surface area contributed by atoms with Gasteiger partial charge in [-0.15, -0.1) is 0 Å². The molecule has 0 spiro atoms. The van der Waals surface area contributed by atoms with Crippen molar-refractivity contribution in [1.82, 2.24) is 4.90 Å². The lowest BCUT2D eigenvalue weighted by atomic mass is 10.0. The van der Waals surface area contributed by atoms with E-state index in [0.29, 0.717) is 6.42 Å². The lowest BCUT2D eigenvalue weighted by molar-refractivity contribution is -0.115. The van der Waals surface area contributed by atoms with Crippen molar-refractivity contribution in [1.29, 1.82) is 0 Å². The second-order valence-corrected chi connectivity index (χ2v) is 4.94. The van der Waals surface area contributed by atoms with Gasteiger partial charge in [0.05, 0.1) is 6.42 Å². The van der Waals surface area contributed by atoms with Gasteiger partial charge < -0.3 is 5.32 Å². The van der Waals surface area contributed by atoms with Crippen LogP contribution in [0.1, 0.15) is 37.8 Å². The third-order valence-corrected chi connectivity index (χ3v) is 3.36. The van der Waals surface area contributed by atoms with E-state index in [2.05, 4.69) is 30.1 Å². The molecule has 2 rings (SSSR count). The van der Waals surface area contributed by atoms with Crippen molar-refractivity contribution in [2.24, 2.45) is 0 Å². The second-order valence-electron chi connectivity index (χ2n) is 4.94. The van der Waals surface area contributed by atoms with Gasteiger partial charge in [0.15, 0.2) is 0 Å². The van der Waals surface area contributed by atoms with Crippen LogP contribution >= 0.6 is 0 Å².